The summed E-state index contributed by atoms with van der Waals surface area (Å²) in [5.74, 6) is 1.43. The van der Waals surface area contributed by atoms with Gasteiger partial charge in [-0.15, -0.1) is 12.4 Å². The Labute approximate surface area is 193 Å². The summed E-state index contributed by atoms with van der Waals surface area (Å²) in [4.78, 5) is 4.05. The number of hydrogen-bond donors (Lipinski definition) is 1. The van der Waals surface area contributed by atoms with E-state index in [1.165, 1.54) is 0 Å². The van der Waals surface area contributed by atoms with Gasteiger partial charge in [0.1, 0.15) is 6.61 Å². The van der Waals surface area contributed by atoms with Crippen LogP contribution >= 0.6 is 35.6 Å². The molecule has 1 aromatic heterocycles. The fraction of sp³-hybridized carbons (Fsp3) is 0.318. The molecule has 1 N–H and O–H groups in total. The van der Waals surface area contributed by atoms with Gasteiger partial charge in [-0.2, -0.15) is 0 Å². The van der Waals surface area contributed by atoms with Crippen molar-refractivity contribution in [2.75, 3.05) is 13.2 Å². The Balaban J connectivity index is 0.00000320. The summed E-state index contributed by atoms with van der Waals surface area (Å²) in [6.07, 6.45) is 6.65. The van der Waals surface area contributed by atoms with Gasteiger partial charge < -0.3 is 19.4 Å². The van der Waals surface area contributed by atoms with Crippen LogP contribution in [0.5, 0.6) is 11.5 Å². The predicted octanol–water partition coefficient (Wildman–Crippen LogP) is 5.77. The first-order valence-electron chi connectivity index (χ1n) is 9.64. The second kappa shape index (κ2) is 12.7. The van der Waals surface area contributed by atoms with Gasteiger partial charge in [0.2, 0.25) is 0 Å². The minimum absolute atomic E-state index is 0. The van der Waals surface area contributed by atoms with E-state index < -0.39 is 0 Å². The molecule has 0 aliphatic heterocycles. The number of hydrogen-bond acceptors (Lipinski definition) is 4. The average Bonchev–Trinajstić information content (AvgIpc) is 3.22. The zero-order chi connectivity index (χ0) is 20.5. The summed E-state index contributed by atoms with van der Waals surface area (Å²) in [5.41, 5.74) is 2.02. The van der Waals surface area contributed by atoms with E-state index in [0.717, 1.165) is 42.9 Å². The van der Waals surface area contributed by atoms with Crippen molar-refractivity contribution in [1.29, 1.82) is 0 Å². The molecule has 0 amide bonds. The predicted molar refractivity (Wildman–Crippen MR) is 124 cm³/mol. The zero-order valence-electron chi connectivity index (χ0n) is 16.8. The molecular formula is C22H26Cl3N3O2. The minimum Gasteiger partial charge on any atom is -0.490 e. The van der Waals surface area contributed by atoms with E-state index >= 15 is 0 Å². The molecule has 0 unspecified atom stereocenters. The van der Waals surface area contributed by atoms with Crippen molar-refractivity contribution < 1.29 is 9.47 Å². The third kappa shape index (κ3) is 7.40. The first-order chi connectivity index (χ1) is 14.2. The minimum atomic E-state index is 0. The third-order valence-corrected chi connectivity index (χ3v) is 4.95. The monoisotopic (exact) mass is 469 g/mol. The highest BCUT2D eigenvalue weighted by Gasteiger charge is 2.09. The molecule has 0 aliphatic carbocycles. The van der Waals surface area contributed by atoms with E-state index in [9.17, 15) is 0 Å². The SMILES string of the molecule is CCOc1cc(CNCCCn2ccnc2)ccc1OCc1ccc(Cl)cc1Cl.Cl. The molecule has 0 atom stereocenters. The fourth-order valence-electron chi connectivity index (χ4n) is 2.88. The second-order valence-electron chi connectivity index (χ2n) is 6.57. The highest BCUT2D eigenvalue weighted by Crippen LogP contribution is 2.30. The Kier molecular flexibility index (Phi) is 10.3. The zero-order valence-corrected chi connectivity index (χ0v) is 19.1. The maximum atomic E-state index is 6.23. The van der Waals surface area contributed by atoms with Crippen molar-refractivity contribution in [3.8, 4) is 11.5 Å². The molecule has 0 saturated heterocycles. The lowest BCUT2D eigenvalue weighted by molar-refractivity contribution is 0.269. The van der Waals surface area contributed by atoms with Crippen LogP contribution in [0.15, 0.2) is 55.1 Å². The van der Waals surface area contributed by atoms with Crippen molar-refractivity contribution in [2.45, 2.75) is 33.0 Å². The van der Waals surface area contributed by atoms with Crippen LogP contribution < -0.4 is 14.8 Å². The maximum Gasteiger partial charge on any atom is 0.161 e. The Hall–Kier alpha value is -1.92. The van der Waals surface area contributed by atoms with Crippen LogP contribution in [-0.4, -0.2) is 22.7 Å². The number of nitrogens with one attached hydrogen (secondary N) is 1. The second-order valence-corrected chi connectivity index (χ2v) is 7.41. The topological polar surface area (TPSA) is 48.3 Å². The molecular weight excluding hydrogens is 445 g/mol. The van der Waals surface area contributed by atoms with Crippen molar-refractivity contribution in [3.05, 3.63) is 76.3 Å². The summed E-state index contributed by atoms with van der Waals surface area (Å²) in [7, 11) is 0. The number of halogens is 3. The largest absolute Gasteiger partial charge is 0.490 e. The van der Waals surface area contributed by atoms with Gasteiger partial charge >= 0.3 is 0 Å². The summed E-state index contributed by atoms with van der Waals surface area (Å²) in [5, 5.41) is 4.66. The molecule has 8 heteroatoms. The number of aryl methyl sites for hydroxylation is 1. The lowest BCUT2D eigenvalue weighted by atomic mass is 10.2. The fourth-order valence-corrected chi connectivity index (χ4v) is 3.35. The van der Waals surface area contributed by atoms with E-state index in [2.05, 4.69) is 14.9 Å². The third-order valence-electron chi connectivity index (χ3n) is 4.36. The van der Waals surface area contributed by atoms with E-state index in [1.807, 2.05) is 43.7 Å². The van der Waals surface area contributed by atoms with Crippen LogP contribution in [0.25, 0.3) is 0 Å². The van der Waals surface area contributed by atoms with Crippen molar-refractivity contribution in [3.63, 3.8) is 0 Å². The summed E-state index contributed by atoms with van der Waals surface area (Å²) in [6.45, 7) is 5.53. The molecule has 162 valence electrons. The summed E-state index contributed by atoms with van der Waals surface area (Å²) in [6, 6.07) is 11.4. The number of nitrogens with zero attached hydrogens (tertiary/aromatic N) is 2. The molecule has 0 radical (unpaired) electrons. The molecule has 3 aromatic rings. The molecule has 3 rings (SSSR count). The van der Waals surface area contributed by atoms with E-state index in [4.69, 9.17) is 32.7 Å². The van der Waals surface area contributed by atoms with Crippen LogP contribution in [0, 0.1) is 0 Å². The van der Waals surface area contributed by atoms with Gasteiger partial charge in [0.05, 0.1) is 12.9 Å². The highest BCUT2D eigenvalue weighted by molar-refractivity contribution is 6.35. The van der Waals surface area contributed by atoms with Crippen molar-refractivity contribution in [1.82, 2.24) is 14.9 Å². The quantitative estimate of drug-likeness (QED) is 0.361. The average molecular weight is 471 g/mol. The molecule has 0 spiro atoms. The van der Waals surface area contributed by atoms with Gasteiger partial charge in [0.15, 0.2) is 11.5 Å². The molecule has 30 heavy (non-hydrogen) atoms. The van der Waals surface area contributed by atoms with Crippen molar-refractivity contribution >= 4 is 35.6 Å². The van der Waals surface area contributed by atoms with Crippen LogP contribution in [0.3, 0.4) is 0 Å². The summed E-state index contributed by atoms with van der Waals surface area (Å²) >= 11 is 12.2. The summed E-state index contributed by atoms with van der Waals surface area (Å²) < 4.78 is 13.8. The molecule has 2 aromatic carbocycles. The first kappa shape index (κ1) is 24.4. The number of ether oxygens (including phenoxy) is 2. The molecule has 0 bridgehead atoms. The highest BCUT2D eigenvalue weighted by atomic mass is 35.5. The standard InChI is InChI=1S/C22H25Cl2N3O2.ClH/c1-2-28-22-12-17(14-25-8-3-10-27-11-9-26-16-27)4-7-21(22)29-15-18-5-6-19(23)13-20(18)24;/h4-7,9,11-13,16,25H,2-3,8,10,14-15H2,1H3;1H. The van der Waals surface area contributed by atoms with Gasteiger partial charge in [0, 0.05) is 41.1 Å². The molecule has 1 heterocycles. The lowest BCUT2D eigenvalue weighted by Gasteiger charge is -2.14. The van der Waals surface area contributed by atoms with Crippen LogP contribution in [0.1, 0.15) is 24.5 Å². The van der Waals surface area contributed by atoms with Crippen LogP contribution in [0.2, 0.25) is 10.0 Å². The van der Waals surface area contributed by atoms with Gasteiger partial charge in [-0.05, 0) is 49.7 Å². The van der Waals surface area contributed by atoms with E-state index in [0.29, 0.717) is 29.0 Å². The molecule has 0 saturated carbocycles. The first-order valence-corrected chi connectivity index (χ1v) is 10.4. The smallest absolute Gasteiger partial charge is 0.161 e. The maximum absolute atomic E-state index is 6.23. The van der Waals surface area contributed by atoms with E-state index in [1.54, 1.807) is 18.3 Å². The Morgan fingerprint density at radius 1 is 1.07 bits per heavy atom. The molecule has 0 aliphatic rings. The number of rotatable bonds is 11. The number of benzene rings is 2. The van der Waals surface area contributed by atoms with Gasteiger partial charge in [-0.3, -0.25) is 0 Å². The van der Waals surface area contributed by atoms with Crippen molar-refractivity contribution in [2.24, 2.45) is 0 Å². The Morgan fingerprint density at radius 2 is 1.93 bits per heavy atom. The number of imidazole rings is 1. The van der Waals surface area contributed by atoms with Gasteiger partial charge in [0.25, 0.3) is 0 Å². The van der Waals surface area contributed by atoms with Crippen LogP contribution in [0.4, 0.5) is 0 Å². The van der Waals surface area contributed by atoms with Gasteiger partial charge in [-0.1, -0.05) is 35.3 Å². The lowest BCUT2D eigenvalue weighted by Crippen LogP contribution is -2.16. The normalized spacial score (nSPS) is 10.5. The van der Waals surface area contributed by atoms with Gasteiger partial charge in [-0.25, -0.2) is 4.98 Å². The molecule has 0 fully saturated rings. The van der Waals surface area contributed by atoms with Crippen LogP contribution in [-0.2, 0) is 19.7 Å². The molecule has 5 nitrogen and oxygen atoms in total. The number of aromatic nitrogens is 2. The Bertz CT molecular complexity index is 905. The van der Waals surface area contributed by atoms with E-state index in [-0.39, 0.29) is 12.4 Å². The Morgan fingerprint density at radius 3 is 2.67 bits per heavy atom.